The number of hydrogen-bond donors (Lipinski definition) is 1. The van der Waals surface area contributed by atoms with Gasteiger partial charge in [0.05, 0.1) is 6.61 Å². The number of hydrogen-bond acceptors (Lipinski definition) is 4. The fourth-order valence-corrected chi connectivity index (χ4v) is 1.39. The second-order valence-electron chi connectivity index (χ2n) is 4.50. The van der Waals surface area contributed by atoms with Crippen molar-refractivity contribution in [1.82, 2.24) is 4.98 Å². The van der Waals surface area contributed by atoms with Gasteiger partial charge in [-0.05, 0) is 18.9 Å². The predicted molar refractivity (Wildman–Crippen MR) is 68.0 cm³/mol. The van der Waals surface area contributed by atoms with Gasteiger partial charge in [-0.1, -0.05) is 19.9 Å². The minimum atomic E-state index is -0.0738. The molecule has 1 heterocycles. The molecule has 0 fully saturated rings. The van der Waals surface area contributed by atoms with Gasteiger partial charge < -0.3 is 15.2 Å². The van der Waals surface area contributed by atoms with Crippen LogP contribution in [0.1, 0.15) is 32.4 Å². The molecular formula is C13H22N2O2. The smallest absolute Gasteiger partial charge is 0.218 e. The van der Waals surface area contributed by atoms with Crippen molar-refractivity contribution in [3.63, 3.8) is 0 Å². The van der Waals surface area contributed by atoms with Crippen LogP contribution in [0.25, 0.3) is 0 Å². The van der Waals surface area contributed by atoms with Crippen molar-refractivity contribution in [2.45, 2.75) is 26.8 Å². The van der Waals surface area contributed by atoms with E-state index in [1.807, 2.05) is 19.1 Å². The van der Waals surface area contributed by atoms with Gasteiger partial charge in [0.2, 0.25) is 5.88 Å². The van der Waals surface area contributed by atoms with Gasteiger partial charge >= 0.3 is 0 Å². The molecule has 0 saturated heterocycles. The zero-order valence-electron chi connectivity index (χ0n) is 10.8. The third kappa shape index (κ3) is 5.15. The number of pyridine rings is 1. The summed E-state index contributed by atoms with van der Waals surface area (Å²) in [4.78, 5) is 4.17. The first kappa shape index (κ1) is 13.9. The number of nitrogens with zero attached hydrogens (tertiary/aromatic N) is 1. The normalized spacial score (nSPS) is 12.8. The van der Waals surface area contributed by atoms with E-state index in [2.05, 4.69) is 18.8 Å². The van der Waals surface area contributed by atoms with E-state index in [9.17, 15) is 0 Å². The second-order valence-corrected chi connectivity index (χ2v) is 4.50. The molecule has 17 heavy (non-hydrogen) atoms. The molecule has 0 aromatic carbocycles. The zero-order chi connectivity index (χ0) is 12.7. The standard InChI is InChI=1S/C13H22N2O2/c1-10(2)9-16-7-8-17-13-12(11(3)14)5-4-6-15-13/h4-6,10-11H,7-9,14H2,1-3H3/t11-/m0/s1. The van der Waals surface area contributed by atoms with E-state index in [0.29, 0.717) is 25.0 Å². The summed E-state index contributed by atoms with van der Waals surface area (Å²) in [7, 11) is 0. The molecule has 0 aliphatic carbocycles. The van der Waals surface area contributed by atoms with E-state index >= 15 is 0 Å². The Hall–Kier alpha value is -1.13. The van der Waals surface area contributed by atoms with Crippen LogP contribution in [0.5, 0.6) is 5.88 Å². The summed E-state index contributed by atoms with van der Waals surface area (Å²) in [5, 5.41) is 0. The van der Waals surface area contributed by atoms with Crippen LogP contribution < -0.4 is 10.5 Å². The van der Waals surface area contributed by atoms with E-state index in [1.165, 1.54) is 0 Å². The quantitative estimate of drug-likeness (QED) is 0.739. The molecule has 1 aromatic heterocycles. The van der Waals surface area contributed by atoms with Crippen molar-refractivity contribution in [2.75, 3.05) is 19.8 Å². The second kappa shape index (κ2) is 7.25. The van der Waals surface area contributed by atoms with Crippen LogP contribution in [0.15, 0.2) is 18.3 Å². The fourth-order valence-electron chi connectivity index (χ4n) is 1.39. The number of nitrogens with two attached hydrogens (primary N) is 1. The number of rotatable bonds is 7. The summed E-state index contributed by atoms with van der Waals surface area (Å²) in [6, 6.07) is 3.72. The molecule has 0 aliphatic heterocycles. The predicted octanol–water partition coefficient (Wildman–Crippen LogP) is 2.15. The molecule has 2 N–H and O–H groups in total. The molecule has 4 nitrogen and oxygen atoms in total. The van der Waals surface area contributed by atoms with Gasteiger partial charge in [-0.25, -0.2) is 4.98 Å². The van der Waals surface area contributed by atoms with Gasteiger partial charge in [0.15, 0.2) is 0 Å². The number of aromatic nitrogens is 1. The Morgan fingerprint density at radius 1 is 1.29 bits per heavy atom. The summed E-state index contributed by atoms with van der Waals surface area (Å²) in [6.45, 7) is 7.99. The summed E-state index contributed by atoms with van der Waals surface area (Å²) < 4.78 is 11.0. The molecule has 4 heteroatoms. The van der Waals surface area contributed by atoms with Crippen LogP contribution in [-0.2, 0) is 4.74 Å². The SMILES string of the molecule is CC(C)COCCOc1ncccc1[C@H](C)N. The molecule has 0 spiro atoms. The van der Waals surface area contributed by atoms with Gasteiger partial charge in [-0.2, -0.15) is 0 Å². The van der Waals surface area contributed by atoms with E-state index in [-0.39, 0.29) is 6.04 Å². The van der Waals surface area contributed by atoms with Gasteiger partial charge in [-0.3, -0.25) is 0 Å². The lowest BCUT2D eigenvalue weighted by Crippen LogP contribution is -2.13. The molecule has 96 valence electrons. The molecule has 1 aromatic rings. The van der Waals surface area contributed by atoms with Crippen LogP contribution in [0.4, 0.5) is 0 Å². The van der Waals surface area contributed by atoms with Gasteiger partial charge in [0.1, 0.15) is 6.61 Å². The molecule has 0 saturated carbocycles. The largest absolute Gasteiger partial charge is 0.475 e. The van der Waals surface area contributed by atoms with Gasteiger partial charge in [0.25, 0.3) is 0 Å². The summed E-state index contributed by atoms with van der Waals surface area (Å²) in [5.41, 5.74) is 6.76. The molecule has 0 amide bonds. The lowest BCUT2D eigenvalue weighted by Gasteiger charge is -2.12. The monoisotopic (exact) mass is 238 g/mol. The van der Waals surface area contributed by atoms with E-state index in [0.717, 1.165) is 12.2 Å². The van der Waals surface area contributed by atoms with Crippen molar-refractivity contribution < 1.29 is 9.47 Å². The molecule has 0 aliphatic rings. The first-order chi connectivity index (χ1) is 8.11. The third-order valence-corrected chi connectivity index (χ3v) is 2.21. The highest BCUT2D eigenvalue weighted by Gasteiger charge is 2.08. The minimum absolute atomic E-state index is 0.0738. The summed E-state index contributed by atoms with van der Waals surface area (Å²) in [6.07, 6.45) is 1.70. The van der Waals surface area contributed by atoms with Crippen molar-refractivity contribution in [2.24, 2.45) is 11.7 Å². The van der Waals surface area contributed by atoms with Crippen LogP contribution in [0.3, 0.4) is 0 Å². The van der Waals surface area contributed by atoms with Crippen molar-refractivity contribution in [3.8, 4) is 5.88 Å². The fraction of sp³-hybridized carbons (Fsp3) is 0.615. The van der Waals surface area contributed by atoms with Crippen LogP contribution in [0.2, 0.25) is 0 Å². The Balaban J connectivity index is 2.36. The maximum absolute atomic E-state index is 5.83. The average molecular weight is 238 g/mol. The van der Waals surface area contributed by atoms with E-state index in [1.54, 1.807) is 6.20 Å². The summed E-state index contributed by atoms with van der Waals surface area (Å²) in [5.74, 6) is 1.15. The average Bonchev–Trinajstić information content (AvgIpc) is 2.28. The Morgan fingerprint density at radius 3 is 2.71 bits per heavy atom. The van der Waals surface area contributed by atoms with Crippen molar-refractivity contribution in [1.29, 1.82) is 0 Å². The summed E-state index contributed by atoms with van der Waals surface area (Å²) >= 11 is 0. The Bertz CT molecular complexity index is 327. The topological polar surface area (TPSA) is 57.4 Å². The molecule has 0 radical (unpaired) electrons. The molecule has 0 unspecified atom stereocenters. The third-order valence-electron chi connectivity index (χ3n) is 2.21. The molecule has 1 rings (SSSR count). The van der Waals surface area contributed by atoms with E-state index < -0.39 is 0 Å². The minimum Gasteiger partial charge on any atom is -0.475 e. The maximum Gasteiger partial charge on any atom is 0.218 e. The Labute approximate surface area is 103 Å². The lowest BCUT2D eigenvalue weighted by atomic mass is 10.1. The van der Waals surface area contributed by atoms with Crippen LogP contribution in [-0.4, -0.2) is 24.8 Å². The van der Waals surface area contributed by atoms with Crippen LogP contribution in [0, 0.1) is 5.92 Å². The first-order valence-electron chi connectivity index (χ1n) is 6.02. The highest BCUT2D eigenvalue weighted by molar-refractivity contribution is 5.27. The first-order valence-corrected chi connectivity index (χ1v) is 6.02. The zero-order valence-corrected chi connectivity index (χ0v) is 10.8. The Kier molecular flexibility index (Phi) is 5.94. The lowest BCUT2D eigenvalue weighted by molar-refractivity contribution is 0.0802. The molecule has 1 atom stereocenters. The van der Waals surface area contributed by atoms with Crippen molar-refractivity contribution in [3.05, 3.63) is 23.9 Å². The molecule has 0 bridgehead atoms. The van der Waals surface area contributed by atoms with Crippen molar-refractivity contribution >= 4 is 0 Å². The Morgan fingerprint density at radius 2 is 2.06 bits per heavy atom. The highest BCUT2D eigenvalue weighted by Crippen LogP contribution is 2.19. The van der Waals surface area contributed by atoms with E-state index in [4.69, 9.17) is 15.2 Å². The van der Waals surface area contributed by atoms with Gasteiger partial charge in [0, 0.05) is 24.4 Å². The molecular weight excluding hydrogens is 216 g/mol. The number of ether oxygens (including phenoxy) is 2. The maximum atomic E-state index is 5.83. The van der Waals surface area contributed by atoms with Crippen LogP contribution >= 0.6 is 0 Å². The highest BCUT2D eigenvalue weighted by atomic mass is 16.5. The van der Waals surface area contributed by atoms with Gasteiger partial charge in [-0.15, -0.1) is 0 Å².